The molecule has 0 spiro atoms. The summed E-state index contributed by atoms with van der Waals surface area (Å²) in [6.45, 7) is 4.62. The van der Waals surface area contributed by atoms with Crippen LogP contribution in [-0.4, -0.2) is 34.8 Å². The van der Waals surface area contributed by atoms with Gasteiger partial charge in [0.2, 0.25) is 16.9 Å². The maximum absolute atomic E-state index is 12.5. The third-order valence-corrected chi connectivity index (χ3v) is 5.76. The van der Waals surface area contributed by atoms with Crippen LogP contribution in [0.25, 0.3) is 0 Å². The molecule has 1 aromatic heterocycles. The van der Waals surface area contributed by atoms with Crippen LogP contribution in [0, 0.1) is 11.8 Å². The van der Waals surface area contributed by atoms with Crippen molar-refractivity contribution in [3.8, 4) is 0 Å². The summed E-state index contributed by atoms with van der Waals surface area (Å²) in [7, 11) is 0. The van der Waals surface area contributed by atoms with Crippen molar-refractivity contribution in [2.75, 3.05) is 23.0 Å². The van der Waals surface area contributed by atoms with Crippen LogP contribution in [0.1, 0.15) is 25.3 Å². The molecule has 1 unspecified atom stereocenters. The smallest absolute Gasteiger partial charge is 0.231 e. The number of nitrogens with one attached hydrogen (secondary N) is 1. The Labute approximate surface area is 161 Å². The van der Waals surface area contributed by atoms with Gasteiger partial charge in [-0.3, -0.25) is 9.59 Å². The zero-order valence-corrected chi connectivity index (χ0v) is 16.7. The lowest BCUT2D eigenvalue weighted by atomic mass is 10.1. The number of anilines is 2. The minimum Gasteiger partial charge on any atom is -0.312 e. The molecule has 1 atom stereocenters. The second-order valence-corrected chi connectivity index (χ2v) is 8.63. The Morgan fingerprint density at radius 1 is 1.35 bits per heavy atom. The third-order valence-electron chi connectivity index (χ3n) is 4.16. The minimum atomic E-state index is -0.375. The summed E-state index contributed by atoms with van der Waals surface area (Å²) in [5.74, 6) is -0.0844. The minimum absolute atomic E-state index is 0.0280. The first-order valence-corrected chi connectivity index (χ1v) is 10.6. The van der Waals surface area contributed by atoms with Gasteiger partial charge in [-0.25, -0.2) is 0 Å². The van der Waals surface area contributed by atoms with Gasteiger partial charge in [-0.05, 0) is 36.4 Å². The van der Waals surface area contributed by atoms with Crippen molar-refractivity contribution in [3.63, 3.8) is 0 Å². The van der Waals surface area contributed by atoms with E-state index < -0.39 is 0 Å². The van der Waals surface area contributed by atoms with Gasteiger partial charge in [-0.15, -0.1) is 22.0 Å². The zero-order chi connectivity index (χ0) is 18.7. The summed E-state index contributed by atoms with van der Waals surface area (Å²) in [6.07, 6.45) is 3.07. The largest absolute Gasteiger partial charge is 0.312 e. The molecular weight excluding hydrogens is 368 g/mol. The lowest BCUT2D eigenvalue weighted by Crippen LogP contribution is -2.28. The van der Waals surface area contributed by atoms with E-state index in [4.69, 9.17) is 0 Å². The fourth-order valence-corrected chi connectivity index (χ4v) is 4.20. The summed E-state index contributed by atoms with van der Waals surface area (Å²) in [5, 5.41) is 12.4. The Bertz CT molecular complexity index is 789. The van der Waals surface area contributed by atoms with E-state index >= 15 is 0 Å². The molecule has 2 aromatic rings. The molecule has 1 saturated heterocycles. The monoisotopic (exact) mass is 390 g/mol. The van der Waals surface area contributed by atoms with E-state index in [1.54, 1.807) is 16.7 Å². The van der Waals surface area contributed by atoms with Crippen LogP contribution in [0.4, 0.5) is 10.8 Å². The molecule has 8 heteroatoms. The highest BCUT2D eigenvalue weighted by atomic mass is 32.2. The van der Waals surface area contributed by atoms with Crippen molar-refractivity contribution < 1.29 is 9.59 Å². The highest BCUT2D eigenvalue weighted by Crippen LogP contribution is 2.28. The van der Waals surface area contributed by atoms with Gasteiger partial charge in [-0.1, -0.05) is 25.2 Å². The summed E-state index contributed by atoms with van der Waals surface area (Å²) >= 11 is 3.05. The molecule has 0 aliphatic carbocycles. The summed E-state index contributed by atoms with van der Waals surface area (Å²) in [6, 6.07) is 7.82. The Kier molecular flexibility index (Phi) is 5.93. The molecule has 3 rings (SSSR count). The van der Waals surface area contributed by atoms with Crippen molar-refractivity contribution in [1.29, 1.82) is 0 Å². The molecule has 1 N–H and O–H groups in total. The number of hydrogen-bond acceptors (Lipinski definition) is 6. The van der Waals surface area contributed by atoms with Gasteiger partial charge in [0, 0.05) is 30.0 Å². The highest BCUT2D eigenvalue weighted by Gasteiger charge is 2.35. The van der Waals surface area contributed by atoms with E-state index in [0.717, 1.165) is 22.0 Å². The fourth-order valence-electron chi connectivity index (χ4n) is 2.84. The van der Waals surface area contributed by atoms with Crippen molar-refractivity contribution in [3.05, 3.63) is 29.3 Å². The molecule has 0 saturated carbocycles. The quantitative estimate of drug-likeness (QED) is 0.765. The number of rotatable bonds is 6. The fraction of sp³-hybridized carbons (Fsp3) is 0.444. The summed E-state index contributed by atoms with van der Waals surface area (Å²) in [5.41, 5.74) is 0.832. The lowest BCUT2D eigenvalue weighted by molar-refractivity contribution is -0.122. The Morgan fingerprint density at radius 3 is 2.73 bits per heavy atom. The van der Waals surface area contributed by atoms with Gasteiger partial charge < -0.3 is 10.2 Å². The molecule has 1 aliphatic heterocycles. The standard InChI is InChI=1S/C18H22N4O2S2/c1-11(2)8-15-20-21-18(26-15)19-17(24)12-9-16(23)22(10-12)13-4-6-14(25-3)7-5-13/h4-7,11-12H,8-10H2,1-3H3,(H,19,21,24). The van der Waals surface area contributed by atoms with Crippen LogP contribution in [0.15, 0.2) is 29.2 Å². The zero-order valence-electron chi connectivity index (χ0n) is 15.1. The van der Waals surface area contributed by atoms with Crippen LogP contribution in [0.2, 0.25) is 0 Å². The summed E-state index contributed by atoms with van der Waals surface area (Å²) < 4.78 is 0. The van der Waals surface area contributed by atoms with E-state index in [1.165, 1.54) is 11.3 Å². The summed E-state index contributed by atoms with van der Waals surface area (Å²) in [4.78, 5) is 27.7. The number of carbonyl (C=O) groups is 2. The maximum Gasteiger partial charge on any atom is 0.231 e. The Hall–Kier alpha value is -1.93. The molecule has 6 nitrogen and oxygen atoms in total. The average molecular weight is 391 g/mol. The van der Waals surface area contributed by atoms with E-state index in [1.807, 2.05) is 30.5 Å². The molecule has 0 bridgehead atoms. The lowest BCUT2D eigenvalue weighted by Gasteiger charge is -2.16. The number of aromatic nitrogens is 2. The van der Waals surface area contributed by atoms with Crippen LogP contribution >= 0.6 is 23.1 Å². The van der Waals surface area contributed by atoms with Crippen molar-refractivity contribution >= 4 is 45.7 Å². The van der Waals surface area contributed by atoms with Crippen molar-refractivity contribution in [2.24, 2.45) is 11.8 Å². The molecule has 26 heavy (non-hydrogen) atoms. The molecule has 1 aliphatic rings. The van der Waals surface area contributed by atoms with Gasteiger partial charge in [-0.2, -0.15) is 0 Å². The predicted molar refractivity (Wildman–Crippen MR) is 106 cm³/mol. The SMILES string of the molecule is CSc1ccc(N2CC(C(=O)Nc3nnc(CC(C)C)s3)CC2=O)cc1. The van der Waals surface area contributed by atoms with Crippen molar-refractivity contribution in [1.82, 2.24) is 10.2 Å². The van der Waals surface area contributed by atoms with Crippen LogP contribution in [0.5, 0.6) is 0 Å². The molecule has 2 heterocycles. The first kappa shape index (κ1) is 18.8. The molecule has 138 valence electrons. The van der Waals surface area contributed by atoms with Crippen molar-refractivity contribution in [2.45, 2.75) is 31.6 Å². The second kappa shape index (κ2) is 8.18. The number of benzene rings is 1. The van der Waals surface area contributed by atoms with E-state index in [9.17, 15) is 9.59 Å². The van der Waals surface area contributed by atoms with Gasteiger partial charge in [0.25, 0.3) is 0 Å². The average Bonchev–Trinajstić information content (AvgIpc) is 3.21. The van der Waals surface area contributed by atoms with Gasteiger partial charge >= 0.3 is 0 Å². The van der Waals surface area contributed by atoms with Gasteiger partial charge in [0.05, 0.1) is 5.92 Å². The predicted octanol–water partition coefficient (Wildman–Crippen LogP) is 3.45. The second-order valence-electron chi connectivity index (χ2n) is 6.69. The van der Waals surface area contributed by atoms with Gasteiger partial charge in [0.1, 0.15) is 5.01 Å². The van der Waals surface area contributed by atoms with Crippen LogP contribution in [0.3, 0.4) is 0 Å². The third kappa shape index (κ3) is 4.42. The Morgan fingerprint density at radius 2 is 2.08 bits per heavy atom. The van der Waals surface area contributed by atoms with E-state index in [2.05, 4.69) is 29.4 Å². The number of nitrogens with zero attached hydrogens (tertiary/aromatic N) is 3. The molecular formula is C18H22N4O2S2. The number of amides is 2. The number of carbonyl (C=O) groups excluding carboxylic acids is 2. The molecule has 0 radical (unpaired) electrons. The first-order chi connectivity index (χ1) is 12.5. The van der Waals surface area contributed by atoms with E-state index in [0.29, 0.717) is 17.6 Å². The molecule has 2 amide bonds. The highest BCUT2D eigenvalue weighted by molar-refractivity contribution is 7.98. The number of hydrogen-bond donors (Lipinski definition) is 1. The Balaban J connectivity index is 1.62. The normalized spacial score (nSPS) is 17.2. The molecule has 1 aromatic carbocycles. The maximum atomic E-state index is 12.5. The number of thioether (sulfide) groups is 1. The van der Waals surface area contributed by atoms with Crippen LogP contribution < -0.4 is 10.2 Å². The first-order valence-electron chi connectivity index (χ1n) is 8.54. The van der Waals surface area contributed by atoms with Gasteiger partial charge in [0.15, 0.2) is 0 Å². The topological polar surface area (TPSA) is 75.2 Å². The van der Waals surface area contributed by atoms with E-state index in [-0.39, 0.29) is 24.2 Å². The molecule has 1 fully saturated rings. The van der Waals surface area contributed by atoms with Crippen LogP contribution in [-0.2, 0) is 16.0 Å².